The minimum absolute atomic E-state index is 0.253. The second-order valence-corrected chi connectivity index (χ2v) is 6.21. The van der Waals surface area contributed by atoms with E-state index in [-0.39, 0.29) is 11.1 Å². The second-order valence-electron chi connectivity index (χ2n) is 4.38. The van der Waals surface area contributed by atoms with Crippen molar-refractivity contribution in [2.75, 3.05) is 0 Å². The van der Waals surface area contributed by atoms with Gasteiger partial charge in [0, 0.05) is 20.1 Å². The highest BCUT2D eigenvalue weighted by Crippen LogP contribution is 2.30. The topological polar surface area (TPSA) is 52.0 Å². The van der Waals surface area contributed by atoms with Gasteiger partial charge in [0.15, 0.2) is 0 Å². The standard InChI is InChI=1S/C14H12Br2F2N2/c15-7-1-3-9(11(17)5-7)13(19)14(20)10-4-2-8(16)6-12(10)18/h1-6,13-14H,19-20H2. The molecule has 0 radical (unpaired) electrons. The molecule has 0 aromatic heterocycles. The Kier molecular flexibility index (Phi) is 4.90. The van der Waals surface area contributed by atoms with E-state index in [0.717, 1.165) is 0 Å². The molecule has 0 saturated carbocycles. The molecule has 0 bridgehead atoms. The quantitative estimate of drug-likeness (QED) is 0.804. The van der Waals surface area contributed by atoms with Crippen LogP contribution in [0.15, 0.2) is 45.3 Å². The molecule has 2 unspecified atom stereocenters. The molecule has 0 aliphatic heterocycles. The number of benzene rings is 2. The molecule has 2 nitrogen and oxygen atoms in total. The predicted octanol–water partition coefficient (Wildman–Crippen LogP) is 4.19. The maximum Gasteiger partial charge on any atom is 0.129 e. The zero-order valence-electron chi connectivity index (χ0n) is 10.3. The van der Waals surface area contributed by atoms with Crippen LogP contribution in [0.25, 0.3) is 0 Å². The first-order chi connectivity index (χ1) is 9.40. The molecule has 0 saturated heterocycles. The predicted molar refractivity (Wildman–Crippen MR) is 82.1 cm³/mol. The van der Waals surface area contributed by atoms with Crippen molar-refractivity contribution in [2.45, 2.75) is 12.1 Å². The Bertz CT molecular complexity index is 579. The molecule has 0 heterocycles. The molecular formula is C14H12Br2F2N2. The first kappa shape index (κ1) is 15.6. The van der Waals surface area contributed by atoms with Gasteiger partial charge in [-0.3, -0.25) is 0 Å². The molecule has 0 spiro atoms. The molecule has 4 N–H and O–H groups in total. The van der Waals surface area contributed by atoms with Gasteiger partial charge in [-0.2, -0.15) is 0 Å². The minimum Gasteiger partial charge on any atom is -0.322 e. The fraction of sp³-hybridized carbons (Fsp3) is 0.143. The van der Waals surface area contributed by atoms with Crippen molar-refractivity contribution in [3.63, 3.8) is 0 Å². The van der Waals surface area contributed by atoms with E-state index < -0.39 is 23.7 Å². The second kappa shape index (κ2) is 6.30. The summed E-state index contributed by atoms with van der Waals surface area (Å²) >= 11 is 6.34. The third-order valence-corrected chi connectivity index (χ3v) is 4.02. The molecule has 6 heteroatoms. The fourth-order valence-corrected chi connectivity index (χ4v) is 2.60. The zero-order valence-corrected chi connectivity index (χ0v) is 13.5. The van der Waals surface area contributed by atoms with Crippen molar-refractivity contribution in [1.29, 1.82) is 0 Å². The molecule has 2 atom stereocenters. The smallest absolute Gasteiger partial charge is 0.129 e. The fourth-order valence-electron chi connectivity index (χ4n) is 1.93. The van der Waals surface area contributed by atoms with Crippen LogP contribution >= 0.6 is 31.9 Å². The summed E-state index contributed by atoms with van der Waals surface area (Å²) in [5, 5.41) is 0. The summed E-state index contributed by atoms with van der Waals surface area (Å²) in [6.07, 6.45) is 0. The first-order valence-corrected chi connectivity index (χ1v) is 7.40. The molecule has 2 aromatic rings. The normalized spacial score (nSPS) is 14.1. The van der Waals surface area contributed by atoms with E-state index >= 15 is 0 Å². The van der Waals surface area contributed by atoms with Gasteiger partial charge in [-0.05, 0) is 24.3 Å². The van der Waals surface area contributed by atoms with Crippen molar-refractivity contribution in [2.24, 2.45) is 11.5 Å². The number of hydrogen-bond donors (Lipinski definition) is 2. The Morgan fingerprint density at radius 2 is 1.10 bits per heavy atom. The third-order valence-electron chi connectivity index (χ3n) is 3.03. The zero-order chi connectivity index (χ0) is 14.9. The molecule has 2 aromatic carbocycles. The first-order valence-electron chi connectivity index (χ1n) is 5.81. The Balaban J connectivity index is 2.34. The monoisotopic (exact) mass is 404 g/mol. The molecule has 106 valence electrons. The summed E-state index contributed by atoms with van der Waals surface area (Å²) in [5.74, 6) is -0.945. The molecule has 0 aliphatic rings. The third kappa shape index (κ3) is 3.25. The lowest BCUT2D eigenvalue weighted by atomic mass is 9.94. The summed E-state index contributed by atoms with van der Waals surface area (Å²) < 4.78 is 29.0. The van der Waals surface area contributed by atoms with Crippen LogP contribution in [-0.4, -0.2) is 0 Å². The molecular weight excluding hydrogens is 394 g/mol. The van der Waals surface area contributed by atoms with Gasteiger partial charge in [0.2, 0.25) is 0 Å². The van der Waals surface area contributed by atoms with Crippen molar-refractivity contribution >= 4 is 31.9 Å². The number of halogens is 4. The van der Waals surface area contributed by atoms with Gasteiger partial charge in [-0.15, -0.1) is 0 Å². The van der Waals surface area contributed by atoms with Crippen LogP contribution in [0.2, 0.25) is 0 Å². The maximum absolute atomic E-state index is 13.9. The van der Waals surface area contributed by atoms with Gasteiger partial charge < -0.3 is 11.5 Å². The summed E-state index contributed by atoms with van der Waals surface area (Å²) in [6, 6.07) is 7.37. The maximum atomic E-state index is 13.9. The summed E-state index contributed by atoms with van der Waals surface area (Å²) in [6.45, 7) is 0. The average molecular weight is 406 g/mol. The highest BCUT2D eigenvalue weighted by atomic mass is 79.9. The minimum atomic E-state index is -0.834. The number of hydrogen-bond acceptors (Lipinski definition) is 2. The van der Waals surface area contributed by atoms with Crippen LogP contribution in [0.4, 0.5) is 8.78 Å². The van der Waals surface area contributed by atoms with Crippen LogP contribution in [0.3, 0.4) is 0 Å². The van der Waals surface area contributed by atoms with Crippen molar-refractivity contribution in [1.82, 2.24) is 0 Å². The molecule has 0 amide bonds. The molecule has 0 aliphatic carbocycles. The van der Waals surface area contributed by atoms with Gasteiger partial charge in [0.1, 0.15) is 11.6 Å². The van der Waals surface area contributed by atoms with Crippen LogP contribution in [0.1, 0.15) is 23.2 Å². The van der Waals surface area contributed by atoms with E-state index in [0.29, 0.717) is 8.95 Å². The molecule has 20 heavy (non-hydrogen) atoms. The van der Waals surface area contributed by atoms with Gasteiger partial charge in [0.05, 0.1) is 12.1 Å². The van der Waals surface area contributed by atoms with Gasteiger partial charge in [0.25, 0.3) is 0 Å². The Hall–Kier alpha value is -0.820. The SMILES string of the molecule is NC(c1ccc(Br)cc1F)C(N)c1ccc(Br)cc1F. The van der Waals surface area contributed by atoms with Gasteiger partial charge >= 0.3 is 0 Å². The Morgan fingerprint density at radius 3 is 1.40 bits per heavy atom. The van der Waals surface area contributed by atoms with Crippen LogP contribution in [0, 0.1) is 11.6 Å². The summed E-state index contributed by atoms with van der Waals surface area (Å²) in [7, 11) is 0. The lowest BCUT2D eigenvalue weighted by Crippen LogP contribution is -2.28. The summed E-state index contributed by atoms with van der Waals surface area (Å²) in [5.41, 5.74) is 12.4. The highest BCUT2D eigenvalue weighted by Gasteiger charge is 2.23. The van der Waals surface area contributed by atoms with E-state index in [2.05, 4.69) is 31.9 Å². The van der Waals surface area contributed by atoms with E-state index in [1.54, 1.807) is 24.3 Å². The Labute approximate surface area is 132 Å². The Morgan fingerprint density at radius 1 is 0.750 bits per heavy atom. The molecule has 2 rings (SSSR count). The van der Waals surface area contributed by atoms with E-state index in [4.69, 9.17) is 11.5 Å². The van der Waals surface area contributed by atoms with E-state index in [9.17, 15) is 8.78 Å². The lowest BCUT2D eigenvalue weighted by molar-refractivity contribution is 0.502. The van der Waals surface area contributed by atoms with Gasteiger partial charge in [-0.25, -0.2) is 8.78 Å². The van der Waals surface area contributed by atoms with E-state index in [1.807, 2.05) is 0 Å². The van der Waals surface area contributed by atoms with Crippen LogP contribution in [0.5, 0.6) is 0 Å². The number of nitrogens with two attached hydrogens (primary N) is 2. The lowest BCUT2D eigenvalue weighted by Gasteiger charge is -2.22. The van der Waals surface area contributed by atoms with Crippen molar-refractivity contribution < 1.29 is 8.78 Å². The van der Waals surface area contributed by atoms with Crippen LogP contribution in [-0.2, 0) is 0 Å². The van der Waals surface area contributed by atoms with Crippen molar-refractivity contribution in [3.8, 4) is 0 Å². The number of rotatable bonds is 3. The highest BCUT2D eigenvalue weighted by molar-refractivity contribution is 9.10. The van der Waals surface area contributed by atoms with Crippen LogP contribution < -0.4 is 11.5 Å². The summed E-state index contributed by atoms with van der Waals surface area (Å²) in [4.78, 5) is 0. The van der Waals surface area contributed by atoms with E-state index in [1.165, 1.54) is 12.1 Å². The van der Waals surface area contributed by atoms with Gasteiger partial charge in [-0.1, -0.05) is 44.0 Å². The van der Waals surface area contributed by atoms with Crippen molar-refractivity contribution in [3.05, 3.63) is 68.1 Å². The molecule has 0 fully saturated rings. The average Bonchev–Trinajstić information content (AvgIpc) is 2.37. The largest absolute Gasteiger partial charge is 0.322 e.